The van der Waals surface area contributed by atoms with Gasteiger partial charge in [-0.1, -0.05) is 29.8 Å². The molecule has 118 valence electrons. The lowest BCUT2D eigenvalue weighted by Gasteiger charge is -2.14. The number of aryl methyl sites for hydroxylation is 1. The Hall–Kier alpha value is -2.53. The highest BCUT2D eigenvalue weighted by Gasteiger charge is 2.16. The number of nitrogens with zero attached hydrogens (tertiary/aromatic N) is 2. The van der Waals surface area contributed by atoms with Crippen molar-refractivity contribution in [2.24, 2.45) is 0 Å². The van der Waals surface area contributed by atoms with Crippen molar-refractivity contribution in [3.05, 3.63) is 57.5 Å². The number of halogens is 1. The van der Waals surface area contributed by atoms with Crippen LogP contribution in [0.1, 0.15) is 5.69 Å². The molecule has 0 aliphatic heterocycles. The van der Waals surface area contributed by atoms with Gasteiger partial charge in [-0.3, -0.25) is 4.79 Å². The highest BCUT2D eigenvalue weighted by atomic mass is 35.5. The molecule has 5 nitrogen and oxygen atoms in total. The Morgan fingerprint density at radius 2 is 1.70 bits per heavy atom. The third kappa shape index (κ3) is 2.53. The molecule has 0 spiro atoms. The van der Waals surface area contributed by atoms with Gasteiger partial charge in [0.2, 0.25) is 0 Å². The number of methoxy groups -OCH3 is 2. The first kappa shape index (κ1) is 15.4. The molecule has 0 N–H and O–H groups in total. The lowest BCUT2D eigenvalue weighted by atomic mass is 10.1. The summed E-state index contributed by atoms with van der Waals surface area (Å²) in [6, 6.07) is 10.6. The Labute approximate surface area is 138 Å². The lowest BCUT2D eigenvalue weighted by molar-refractivity contribution is 0.400. The van der Waals surface area contributed by atoms with Crippen molar-refractivity contribution in [1.29, 1.82) is 0 Å². The maximum Gasteiger partial charge on any atom is 0.279 e. The van der Waals surface area contributed by atoms with Crippen LogP contribution < -0.4 is 15.0 Å². The summed E-state index contributed by atoms with van der Waals surface area (Å²) in [4.78, 5) is 12.8. The Morgan fingerprint density at radius 3 is 2.35 bits per heavy atom. The Kier molecular flexibility index (Phi) is 3.96. The van der Waals surface area contributed by atoms with Gasteiger partial charge in [-0.15, -0.1) is 0 Å². The number of rotatable bonds is 3. The number of fused-ring (bicyclic) bond motifs is 1. The molecule has 1 aromatic heterocycles. The van der Waals surface area contributed by atoms with E-state index in [-0.39, 0.29) is 5.56 Å². The van der Waals surface area contributed by atoms with E-state index in [1.807, 2.05) is 25.1 Å². The first-order valence-corrected chi connectivity index (χ1v) is 7.35. The minimum absolute atomic E-state index is 0.228. The third-order valence-electron chi connectivity index (χ3n) is 3.67. The van der Waals surface area contributed by atoms with Crippen LogP contribution in [0.4, 0.5) is 0 Å². The van der Waals surface area contributed by atoms with Crippen molar-refractivity contribution in [1.82, 2.24) is 9.78 Å². The molecule has 0 unspecified atom stereocenters. The molecule has 0 aliphatic carbocycles. The van der Waals surface area contributed by atoms with Gasteiger partial charge in [0, 0.05) is 17.5 Å². The molecule has 3 rings (SSSR count). The minimum Gasteiger partial charge on any atom is -0.495 e. The Balaban J connectivity index is 2.37. The zero-order chi connectivity index (χ0) is 16.6. The molecule has 2 aromatic carbocycles. The van der Waals surface area contributed by atoms with E-state index in [1.165, 1.54) is 18.9 Å². The molecular weight excluding hydrogens is 316 g/mol. The summed E-state index contributed by atoms with van der Waals surface area (Å²) in [5.74, 6) is 0.891. The molecule has 0 aliphatic rings. The molecule has 0 saturated carbocycles. The van der Waals surface area contributed by atoms with Gasteiger partial charge in [0.15, 0.2) is 0 Å². The van der Waals surface area contributed by atoms with Crippen molar-refractivity contribution < 1.29 is 9.47 Å². The predicted molar refractivity (Wildman–Crippen MR) is 90.2 cm³/mol. The summed E-state index contributed by atoms with van der Waals surface area (Å²) in [6.45, 7) is 1.86. The van der Waals surface area contributed by atoms with E-state index in [0.717, 1.165) is 11.1 Å². The number of hydrogen-bond donors (Lipinski definition) is 0. The van der Waals surface area contributed by atoms with Crippen LogP contribution >= 0.6 is 11.6 Å². The van der Waals surface area contributed by atoms with Crippen LogP contribution in [0.15, 0.2) is 41.2 Å². The zero-order valence-corrected chi connectivity index (χ0v) is 13.7. The monoisotopic (exact) mass is 330 g/mol. The quantitative estimate of drug-likeness (QED) is 0.739. The summed E-state index contributed by atoms with van der Waals surface area (Å²) in [5, 5.41) is 6.23. The Morgan fingerprint density at radius 1 is 1.04 bits per heavy atom. The summed E-state index contributed by atoms with van der Waals surface area (Å²) in [7, 11) is 3.03. The van der Waals surface area contributed by atoms with E-state index < -0.39 is 0 Å². The number of aromatic nitrogens is 2. The first-order valence-electron chi connectivity index (χ1n) is 6.97. The van der Waals surface area contributed by atoms with Crippen LogP contribution in [0.3, 0.4) is 0 Å². The van der Waals surface area contributed by atoms with Crippen molar-refractivity contribution in [3.63, 3.8) is 0 Å². The molecule has 0 atom stereocenters. The van der Waals surface area contributed by atoms with Gasteiger partial charge >= 0.3 is 0 Å². The van der Waals surface area contributed by atoms with Crippen molar-refractivity contribution in [2.45, 2.75) is 6.92 Å². The van der Waals surface area contributed by atoms with E-state index in [0.29, 0.717) is 27.6 Å². The van der Waals surface area contributed by atoms with E-state index in [1.54, 1.807) is 18.2 Å². The third-order valence-corrected chi connectivity index (χ3v) is 3.97. The molecule has 1 heterocycles. The zero-order valence-electron chi connectivity index (χ0n) is 13.0. The van der Waals surface area contributed by atoms with Crippen LogP contribution in [-0.4, -0.2) is 24.0 Å². The fraction of sp³-hybridized carbons (Fsp3) is 0.176. The van der Waals surface area contributed by atoms with E-state index in [2.05, 4.69) is 5.10 Å². The standard InChI is InChI=1S/C17H15ClN2O3/c1-10-11-6-4-5-7-12(11)17(21)20(19-10)14-9-15(22-2)13(18)8-16(14)23-3/h4-9H,1-3H3. The van der Waals surface area contributed by atoms with Gasteiger partial charge in [-0.05, 0) is 13.0 Å². The van der Waals surface area contributed by atoms with Gasteiger partial charge in [0.05, 0.1) is 30.3 Å². The molecule has 3 aromatic rings. The SMILES string of the molecule is COc1cc(-n2nc(C)c3ccccc3c2=O)c(OC)cc1Cl. The second kappa shape index (κ2) is 5.93. The number of benzene rings is 2. The van der Waals surface area contributed by atoms with E-state index in [4.69, 9.17) is 21.1 Å². The molecular formula is C17H15ClN2O3. The summed E-state index contributed by atoms with van der Waals surface area (Å²) in [5.41, 5.74) is 0.998. The fourth-order valence-electron chi connectivity index (χ4n) is 2.52. The Bertz CT molecular complexity index is 950. The average Bonchev–Trinajstić information content (AvgIpc) is 2.58. The second-order valence-electron chi connectivity index (χ2n) is 5.01. The maximum atomic E-state index is 12.8. The first-order chi connectivity index (χ1) is 11.1. The maximum absolute atomic E-state index is 12.8. The molecule has 0 saturated heterocycles. The predicted octanol–water partition coefficient (Wildman–Crippen LogP) is 3.36. The summed E-state index contributed by atoms with van der Waals surface area (Å²) in [6.07, 6.45) is 0. The van der Waals surface area contributed by atoms with Crippen LogP contribution in [0.5, 0.6) is 11.5 Å². The van der Waals surface area contributed by atoms with Crippen molar-refractivity contribution in [3.8, 4) is 17.2 Å². The summed E-state index contributed by atoms with van der Waals surface area (Å²) < 4.78 is 11.9. The lowest BCUT2D eigenvalue weighted by Crippen LogP contribution is -2.23. The van der Waals surface area contributed by atoms with Gasteiger partial charge in [-0.25, -0.2) is 0 Å². The molecule has 6 heteroatoms. The van der Waals surface area contributed by atoms with Crippen LogP contribution in [-0.2, 0) is 0 Å². The number of hydrogen-bond acceptors (Lipinski definition) is 4. The van der Waals surface area contributed by atoms with E-state index >= 15 is 0 Å². The highest BCUT2D eigenvalue weighted by molar-refractivity contribution is 6.32. The smallest absolute Gasteiger partial charge is 0.279 e. The largest absolute Gasteiger partial charge is 0.495 e. The topological polar surface area (TPSA) is 53.4 Å². The molecule has 0 fully saturated rings. The van der Waals surface area contributed by atoms with Crippen LogP contribution in [0.25, 0.3) is 16.5 Å². The van der Waals surface area contributed by atoms with Crippen LogP contribution in [0, 0.1) is 6.92 Å². The molecule has 0 amide bonds. The minimum atomic E-state index is -0.228. The van der Waals surface area contributed by atoms with E-state index in [9.17, 15) is 4.79 Å². The molecule has 23 heavy (non-hydrogen) atoms. The van der Waals surface area contributed by atoms with Crippen molar-refractivity contribution in [2.75, 3.05) is 14.2 Å². The van der Waals surface area contributed by atoms with Gasteiger partial charge in [0.1, 0.15) is 17.2 Å². The van der Waals surface area contributed by atoms with Crippen LogP contribution in [0.2, 0.25) is 5.02 Å². The average molecular weight is 331 g/mol. The second-order valence-corrected chi connectivity index (χ2v) is 5.41. The van der Waals surface area contributed by atoms with Gasteiger partial charge in [0.25, 0.3) is 5.56 Å². The van der Waals surface area contributed by atoms with Gasteiger partial charge in [-0.2, -0.15) is 9.78 Å². The molecule has 0 bridgehead atoms. The molecule has 0 radical (unpaired) electrons. The highest BCUT2D eigenvalue weighted by Crippen LogP contribution is 2.34. The van der Waals surface area contributed by atoms with Crippen molar-refractivity contribution >= 4 is 22.4 Å². The fourth-order valence-corrected chi connectivity index (χ4v) is 2.75. The summed E-state index contributed by atoms with van der Waals surface area (Å²) >= 11 is 6.12. The normalized spacial score (nSPS) is 10.8. The van der Waals surface area contributed by atoms with Gasteiger partial charge < -0.3 is 9.47 Å². The number of ether oxygens (including phenoxy) is 2.